The smallest absolute Gasteiger partial charge is 0.323 e. The Labute approximate surface area is 199 Å². The van der Waals surface area contributed by atoms with Crippen molar-refractivity contribution in [1.82, 2.24) is 5.32 Å². The van der Waals surface area contributed by atoms with Gasteiger partial charge in [-0.3, -0.25) is 0 Å². The second kappa shape index (κ2) is 11.2. The first kappa shape index (κ1) is 23.1. The number of amides is 2. The molecule has 1 fully saturated rings. The van der Waals surface area contributed by atoms with Crippen LogP contribution in [-0.4, -0.2) is 25.2 Å². The third kappa shape index (κ3) is 6.27. The van der Waals surface area contributed by atoms with Crippen LogP contribution in [0, 0.1) is 18.3 Å². The van der Waals surface area contributed by atoms with E-state index in [1.807, 2.05) is 55.5 Å². The summed E-state index contributed by atoms with van der Waals surface area (Å²) in [5.41, 5.74) is 3.44. The van der Waals surface area contributed by atoms with Gasteiger partial charge in [0.1, 0.15) is 24.2 Å². The molecule has 3 aromatic rings. The Balaban J connectivity index is 1.41. The van der Waals surface area contributed by atoms with E-state index in [1.165, 1.54) is 0 Å². The Morgan fingerprint density at radius 1 is 1.03 bits per heavy atom. The average molecular weight is 457 g/mol. The highest BCUT2D eigenvalue weighted by atomic mass is 16.5. The average Bonchev–Trinajstić information content (AvgIpc) is 2.86. The number of ether oxygens (including phenoxy) is 2. The summed E-state index contributed by atoms with van der Waals surface area (Å²) >= 11 is 0. The highest BCUT2D eigenvalue weighted by Crippen LogP contribution is 2.28. The van der Waals surface area contributed by atoms with Gasteiger partial charge >= 0.3 is 6.03 Å². The molecule has 0 aliphatic carbocycles. The molecule has 1 saturated heterocycles. The molecule has 0 saturated carbocycles. The molecule has 3 aromatic carbocycles. The molecule has 3 N–H and O–H groups in total. The zero-order chi connectivity index (χ0) is 23.8. The van der Waals surface area contributed by atoms with Gasteiger partial charge in [0, 0.05) is 5.69 Å². The van der Waals surface area contributed by atoms with E-state index in [9.17, 15) is 10.1 Å². The van der Waals surface area contributed by atoms with Crippen molar-refractivity contribution in [2.24, 2.45) is 0 Å². The van der Waals surface area contributed by atoms with E-state index >= 15 is 0 Å². The second-order valence-electron chi connectivity index (χ2n) is 8.22. The highest BCUT2D eigenvalue weighted by Gasteiger charge is 2.15. The van der Waals surface area contributed by atoms with E-state index in [-0.39, 0.29) is 6.10 Å². The normalized spacial score (nSPS) is 13.5. The SMILES string of the molecule is Cc1cc(OC2CCNCC2)ccc1NC(=O)Nc1cc(C#N)ccc1OCc1ccccc1. The summed E-state index contributed by atoms with van der Waals surface area (Å²) in [5.74, 6) is 1.29. The van der Waals surface area contributed by atoms with Gasteiger partial charge in [0.25, 0.3) is 0 Å². The van der Waals surface area contributed by atoms with Crippen molar-refractivity contribution in [2.75, 3.05) is 23.7 Å². The number of urea groups is 1. The fraction of sp³-hybridized carbons (Fsp3) is 0.259. The molecule has 0 aromatic heterocycles. The Kier molecular flexibility index (Phi) is 7.63. The van der Waals surface area contributed by atoms with Crippen LogP contribution in [-0.2, 0) is 6.61 Å². The van der Waals surface area contributed by atoms with E-state index in [1.54, 1.807) is 18.2 Å². The number of benzene rings is 3. The van der Waals surface area contributed by atoms with Crippen LogP contribution in [0.15, 0.2) is 66.7 Å². The number of nitriles is 1. The molecule has 0 unspecified atom stereocenters. The number of carbonyl (C=O) groups excluding carboxylic acids is 1. The quantitative estimate of drug-likeness (QED) is 0.453. The molecule has 174 valence electrons. The van der Waals surface area contributed by atoms with Crippen molar-refractivity contribution in [3.05, 3.63) is 83.4 Å². The topological polar surface area (TPSA) is 95.4 Å². The number of anilines is 2. The molecule has 1 aliphatic heterocycles. The Hall–Kier alpha value is -4.02. The van der Waals surface area contributed by atoms with Gasteiger partial charge in [0.2, 0.25) is 0 Å². The largest absolute Gasteiger partial charge is 0.490 e. The van der Waals surface area contributed by atoms with Crippen LogP contribution in [0.3, 0.4) is 0 Å². The second-order valence-corrected chi connectivity index (χ2v) is 8.22. The van der Waals surface area contributed by atoms with Crippen LogP contribution in [0.1, 0.15) is 29.5 Å². The molecular formula is C27H28N4O3. The van der Waals surface area contributed by atoms with Crippen LogP contribution in [0.4, 0.5) is 16.2 Å². The fourth-order valence-electron chi connectivity index (χ4n) is 3.79. The molecule has 4 rings (SSSR count). The van der Waals surface area contributed by atoms with Gasteiger partial charge in [-0.05, 0) is 80.4 Å². The molecule has 0 radical (unpaired) electrons. The highest BCUT2D eigenvalue weighted by molar-refractivity contribution is 6.01. The van der Waals surface area contributed by atoms with Crippen molar-refractivity contribution < 1.29 is 14.3 Å². The van der Waals surface area contributed by atoms with Crippen molar-refractivity contribution in [3.63, 3.8) is 0 Å². The number of piperidine rings is 1. The minimum absolute atomic E-state index is 0.212. The van der Waals surface area contributed by atoms with E-state index in [0.717, 1.165) is 42.8 Å². The number of nitrogens with zero attached hydrogens (tertiary/aromatic N) is 1. The van der Waals surface area contributed by atoms with Crippen molar-refractivity contribution >= 4 is 17.4 Å². The summed E-state index contributed by atoms with van der Waals surface area (Å²) in [7, 11) is 0. The van der Waals surface area contributed by atoms with Crippen LogP contribution in [0.25, 0.3) is 0 Å². The van der Waals surface area contributed by atoms with Crippen molar-refractivity contribution in [1.29, 1.82) is 5.26 Å². The molecule has 1 aliphatic rings. The van der Waals surface area contributed by atoms with E-state index in [2.05, 4.69) is 22.0 Å². The lowest BCUT2D eigenvalue weighted by Crippen LogP contribution is -2.34. The lowest BCUT2D eigenvalue weighted by atomic mass is 10.1. The van der Waals surface area contributed by atoms with Crippen LogP contribution in [0.2, 0.25) is 0 Å². The molecule has 0 atom stereocenters. The molecule has 0 bridgehead atoms. The van der Waals surface area contributed by atoms with Crippen LogP contribution in [0.5, 0.6) is 11.5 Å². The Morgan fingerprint density at radius 2 is 1.79 bits per heavy atom. The number of rotatable bonds is 7. The monoisotopic (exact) mass is 456 g/mol. The van der Waals surface area contributed by atoms with Crippen LogP contribution >= 0.6 is 0 Å². The standard InChI is InChI=1S/C27H28N4O3/c1-19-15-23(34-22-11-13-29-14-12-22)8-9-24(19)30-27(32)31-25-16-21(17-28)7-10-26(25)33-18-20-5-3-2-4-6-20/h2-10,15-16,22,29H,11-14,18H2,1H3,(H2,30,31,32). The lowest BCUT2D eigenvalue weighted by Gasteiger charge is -2.24. The number of carbonyl (C=O) groups is 1. The van der Waals surface area contributed by atoms with Crippen molar-refractivity contribution in [2.45, 2.75) is 32.5 Å². The zero-order valence-corrected chi connectivity index (χ0v) is 19.1. The van der Waals surface area contributed by atoms with Crippen molar-refractivity contribution in [3.8, 4) is 17.6 Å². The molecule has 1 heterocycles. The van der Waals surface area contributed by atoms with Gasteiger partial charge in [-0.2, -0.15) is 5.26 Å². The summed E-state index contributed by atoms with van der Waals surface area (Å²) in [6.45, 7) is 4.21. The Morgan fingerprint density at radius 3 is 2.53 bits per heavy atom. The summed E-state index contributed by atoms with van der Waals surface area (Å²) < 4.78 is 12.0. The van der Waals surface area contributed by atoms with E-state index < -0.39 is 6.03 Å². The fourth-order valence-corrected chi connectivity index (χ4v) is 3.79. The summed E-state index contributed by atoms with van der Waals surface area (Å²) in [6.07, 6.45) is 2.18. The van der Waals surface area contributed by atoms with E-state index in [0.29, 0.717) is 29.3 Å². The first-order chi connectivity index (χ1) is 16.6. The van der Waals surface area contributed by atoms with Gasteiger partial charge in [-0.25, -0.2) is 4.79 Å². The third-order valence-electron chi connectivity index (χ3n) is 5.63. The van der Waals surface area contributed by atoms with E-state index in [4.69, 9.17) is 9.47 Å². The predicted molar refractivity (Wildman–Crippen MR) is 132 cm³/mol. The van der Waals surface area contributed by atoms with Gasteiger partial charge in [-0.15, -0.1) is 0 Å². The van der Waals surface area contributed by atoms with Gasteiger partial charge in [0.05, 0.1) is 17.3 Å². The zero-order valence-electron chi connectivity index (χ0n) is 19.1. The number of hydrogen-bond acceptors (Lipinski definition) is 5. The molecular weight excluding hydrogens is 428 g/mol. The maximum absolute atomic E-state index is 12.8. The van der Waals surface area contributed by atoms with Gasteiger partial charge in [0.15, 0.2) is 0 Å². The van der Waals surface area contributed by atoms with Gasteiger partial charge < -0.3 is 25.4 Å². The molecule has 7 nitrogen and oxygen atoms in total. The first-order valence-electron chi connectivity index (χ1n) is 11.4. The summed E-state index contributed by atoms with van der Waals surface area (Å²) in [5, 5.41) is 18.3. The number of hydrogen-bond donors (Lipinski definition) is 3. The first-order valence-corrected chi connectivity index (χ1v) is 11.4. The van der Waals surface area contributed by atoms with Gasteiger partial charge in [-0.1, -0.05) is 30.3 Å². The Bertz CT molecular complexity index is 1170. The lowest BCUT2D eigenvalue weighted by molar-refractivity contribution is 0.162. The minimum atomic E-state index is -0.422. The molecule has 34 heavy (non-hydrogen) atoms. The molecule has 2 amide bonds. The molecule has 7 heteroatoms. The molecule has 0 spiro atoms. The third-order valence-corrected chi connectivity index (χ3v) is 5.63. The maximum atomic E-state index is 12.8. The maximum Gasteiger partial charge on any atom is 0.323 e. The summed E-state index contributed by atoms with van der Waals surface area (Å²) in [4.78, 5) is 12.8. The summed E-state index contributed by atoms with van der Waals surface area (Å²) in [6, 6.07) is 22.0. The number of nitrogens with one attached hydrogen (secondary N) is 3. The minimum Gasteiger partial charge on any atom is -0.490 e. The predicted octanol–water partition coefficient (Wildman–Crippen LogP) is 5.22. The number of aryl methyl sites for hydroxylation is 1. The van der Waals surface area contributed by atoms with Crippen LogP contribution < -0.4 is 25.4 Å².